The molecule has 6 heteroatoms. The van der Waals surface area contributed by atoms with Crippen LogP contribution in [0.2, 0.25) is 0 Å². The first-order valence-corrected chi connectivity index (χ1v) is 5.58. The van der Waals surface area contributed by atoms with E-state index in [4.69, 9.17) is 0 Å². The summed E-state index contributed by atoms with van der Waals surface area (Å²) in [4.78, 5) is 15.4. The van der Waals surface area contributed by atoms with Gasteiger partial charge in [-0.05, 0) is 12.8 Å². The summed E-state index contributed by atoms with van der Waals surface area (Å²) in [5.74, 6) is 0.806. The molecule has 0 atom stereocenters. The fraction of sp³-hybridized carbons (Fsp3) is 0.700. The molecule has 1 heterocycles. The van der Waals surface area contributed by atoms with Gasteiger partial charge in [0.05, 0.1) is 6.54 Å². The van der Waals surface area contributed by atoms with Gasteiger partial charge in [-0.1, -0.05) is 0 Å². The Morgan fingerprint density at radius 3 is 3.06 bits per heavy atom. The molecule has 1 aromatic rings. The first-order chi connectivity index (χ1) is 7.74. The largest absolute Gasteiger partial charge is 0.355 e. The zero-order chi connectivity index (χ0) is 11.4. The molecule has 2 rings (SSSR count). The molecule has 1 fully saturated rings. The van der Waals surface area contributed by atoms with Crippen LogP contribution < -0.4 is 10.6 Å². The normalized spacial score (nSPS) is 15.1. The topological polar surface area (TPSA) is 71.8 Å². The highest BCUT2D eigenvalue weighted by molar-refractivity contribution is 5.78. The molecule has 1 aliphatic rings. The van der Waals surface area contributed by atoms with E-state index in [2.05, 4.69) is 20.7 Å². The lowest BCUT2D eigenvalue weighted by atomic mass is 10.4. The lowest BCUT2D eigenvalue weighted by Crippen LogP contribution is -2.35. The molecule has 0 unspecified atom stereocenters. The van der Waals surface area contributed by atoms with Gasteiger partial charge in [-0.25, -0.2) is 4.98 Å². The summed E-state index contributed by atoms with van der Waals surface area (Å²) in [7, 11) is 1.83. The van der Waals surface area contributed by atoms with E-state index < -0.39 is 0 Å². The number of aromatic nitrogens is 3. The number of nitrogens with one attached hydrogen (secondary N) is 2. The Balaban J connectivity index is 1.57. The molecule has 6 nitrogen and oxygen atoms in total. The van der Waals surface area contributed by atoms with Crippen molar-refractivity contribution in [2.75, 3.05) is 13.1 Å². The number of carbonyl (C=O) groups is 1. The summed E-state index contributed by atoms with van der Waals surface area (Å²) >= 11 is 0. The SMILES string of the molecule is Cn1cnc(CCNC(=O)CNC2CC2)n1. The second-order valence-corrected chi connectivity index (χ2v) is 4.09. The molecule has 88 valence electrons. The van der Waals surface area contributed by atoms with E-state index in [1.54, 1.807) is 11.0 Å². The van der Waals surface area contributed by atoms with Gasteiger partial charge in [0.25, 0.3) is 0 Å². The smallest absolute Gasteiger partial charge is 0.233 e. The van der Waals surface area contributed by atoms with Gasteiger partial charge in [0.1, 0.15) is 6.33 Å². The Labute approximate surface area is 94.4 Å². The molecule has 0 bridgehead atoms. The third-order valence-corrected chi connectivity index (χ3v) is 2.45. The Hall–Kier alpha value is -1.43. The minimum atomic E-state index is 0.0443. The summed E-state index contributed by atoms with van der Waals surface area (Å²) in [5.41, 5.74) is 0. The summed E-state index contributed by atoms with van der Waals surface area (Å²) in [5, 5.41) is 10.1. The van der Waals surface area contributed by atoms with Crippen molar-refractivity contribution in [3.05, 3.63) is 12.2 Å². The lowest BCUT2D eigenvalue weighted by Gasteiger charge is -2.04. The minimum absolute atomic E-state index is 0.0443. The van der Waals surface area contributed by atoms with Crippen molar-refractivity contribution in [1.82, 2.24) is 25.4 Å². The Bertz CT molecular complexity index is 358. The van der Waals surface area contributed by atoms with Crippen LogP contribution in [-0.4, -0.2) is 39.8 Å². The summed E-state index contributed by atoms with van der Waals surface area (Å²) in [6.07, 6.45) is 4.73. The number of nitrogens with zero attached hydrogens (tertiary/aromatic N) is 3. The summed E-state index contributed by atoms with van der Waals surface area (Å²) < 4.78 is 1.66. The molecular weight excluding hydrogens is 206 g/mol. The zero-order valence-electron chi connectivity index (χ0n) is 9.44. The molecule has 1 amide bonds. The quantitative estimate of drug-likeness (QED) is 0.664. The van der Waals surface area contributed by atoms with Crippen molar-refractivity contribution >= 4 is 5.91 Å². The first kappa shape index (κ1) is 11.1. The van der Waals surface area contributed by atoms with Crippen molar-refractivity contribution in [2.24, 2.45) is 7.05 Å². The molecule has 2 N–H and O–H groups in total. The van der Waals surface area contributed by atoms with E-state index in [0.29, 0.717) is 25.6 Å². The van der Waals surface area contributed by atoms with Crippen LogP contribution >= 0.6 is 0 Å². The number of hydrogen-bond acceptors (Lipinski definition) is 4. The van der Waals surface area contributed by atoms with Gasteiger partial charge in [0.2, 0.25) is 5.91 Å². The van der Waals surface area contributed by atoms with Crippen molar-refractivity contribution in [2.45, 2.75) is 25.3 Å². The maximum Gasteiger partial charge on any atom is 0.233 e. The third kappa shape index (κ3) is 3.62. The molecule has 0 aromatic carbocycles. The van der Waals surface area contributed by atoms with E-state index >= 15 is 0 Å². The molecule has 0 saturated heterocycles. The average molecular weight is 223 g/mol. The molecular formula is C10H17N5O. The van der Waals surface area contributed by atoms with Crippen LogP contribution in [0.25, 0.3) is 0 Å². The van der Waals surface area contributed by atoms with E-state index in [1.807, 2.05) is 7.05 Å². The summed E-state index contributed by atoms with van der Waals surface area (Å²) in [6.45, 7) is 1.01. The Morgan fingerprint density at radius 2 is 2.44 bits per heavy atom. The standard InChI is InChI=1S/C10H17N5O/c1-15-7-13-9(14-15)4-5-11-10(16)6-12-8-2-3-8/h7-8,12H,2-6H2,1H3,(H,11,16). The fourth-order valence-electron chi connectivity index (χ4n) is 1.40. The van der Waals surface area contributed by atoms with Crippen LogP contribution in [0, 0.1) is 0 Å². The van der Waals surface area contributed by atoms with Crippen molar-refractivity contribution < 1.29 is 4.79 Å². The molecule has 1 aliphatic carbocycles. The van der Waals surface area contributed by atoms with Crippen molar-refractivity contribution in [3.63, 3.8) is 0 Å². The van der Waals surface area contributed by atoms with Gasteiger partial charge < -0.3 is 10.6 Å². The maximum atomic E-state index is 11.4. The second kappa shape index (κ2) is 5.07. The van der Waals surface area contributed by atoms with Gasteiger partial charge in [0, 0.05) is 26.1 Å². The van der Waals surface area contributed by atoms with Crippen molar-refractivity contribution in [3.8, 4) is 0 Å². The van der Waals surface area contributed by atoms with E-state index in [-0.39, 0.29) is 5.91 Å². The molecule has 1 aromatic heterocycles. The van der Waals surface area contributed by atoms with Crippen LogP contribution in [0.15, 0.2) is 6.33 Å². The molecule has 0 aliphatic heterocycles. The second-order valence-electron chi connectivity index (χ2n) is 4.09. The van der Waals surface area contributed by atoms with E-state index in [1.165, 1.54) is 12.8 Å². The molecule has 0 radical (unpaired) electrons. The molecule has 16 heavy (non-hydrogen) atoms. The van der Waals surface area contributed by atoms with Gasteiger partial charge in [-0.2, -0.15) is 5.10 Å². The fourth-order valence-corrected chi connectivity index (χ4v) is 1.40. The highest BCUT2D eigenvalue weighted by Gasteiger charge is 2.20. The highest BCUT2D eigenvalue weighted by Crippen LogP contribution is 2.17. The van der Waals surface area contributed by atoms with Crippen molar-refractivity contribution in [1.29, 1.82) is 0 Å². The minimum Gasteiger partial charge on any atom is -0.355 e. The van der Waals surface area contributed by atoms with E-state index in [0.717, 1.165) is 5.82 Å². The maximum absolute atomic E-state index is 11.4. The Morgan fingerprint density at radius 1 is 1.62 bits per heavy atom. The number of rotatable bonds is 6. The van der Waals surface area contributed by atoms with Gasteiger partial charge in [0.15, 0.2) is 5.82 Å². The van der Waals surface area contributed by atoms with Gasteiger partial charge in [-0.3, -0.25) is 9.48 Å². The average Bonchev–Trinajstić information content (AvgIpc) is 2.99. The third-order valence-electron chi connectivity index (χ3n) is 2.45. The molecule has 1 saturated carbocycles. The van der Waals surface area contributed by atoms with Crippen LogP contribution in [0.4, 0.5) is 0 Å². The summed E-state index contributed by atoms with van der Waals surface area (Å²) in [6, 6.07) is 0.572. The lowest BCUT2D eigenvalue weighted by molar-refractivity contribution is -0.120. The number of aryl methyl sites for hydroxylation is 1. The van der Waals surface area contributed by atoms with E-state index in [9.17, 15) is 4.79 Å². The number of amides is 1. The van der Waals surface area contributed by atoms with Crippen LogP contribution in [0.3, 0.4) is 0 Å². The first-order valence-electron chi connectivity index (χ1n) is 5.58. The predicted octanol–water partition coefficient (Wildman–Crippen LogP) is -0.774. The monoisotopic (exact) mass is 223 g/mol. The zero-order valence-corrected chi connectivity index (χ0v) is 9.44. The van der Waals surface area contributed by atoms with Gasteiger partial charge in [-0.15, -0.1) is 0 Å². The van der Waals surface area contributed by atoms with Crippen LogP contribution in [0.1, 0.15) is 18.7 Å². The van der Waals surface area contributed by atoms with Crippen LogP contribution in [0.5, 0.6) is 0 Å². The number of hydrogen-bond donors (Lipinski definition) is 2. The predicted molar refractivity (Wildman–Crippen MR) is 58.7 cm³/mol. The Kier molecular flexibility index (Phi) is 3.51. The highest BCUT2D eigenvalue weighted by atomic mass is 16.1. The van der Waals surface area contributed by atoms with Crippen LogP contribution in [-0.2, 0) is 18.3 Å². The van der Waals surface area contributed by atoms with Gasteiger partial charge >= 0.3 is 0 Å². The molecule has 0 spiro atoms. The number of carbonyl (C=O) groups excluding carboxylic acids is 1.